The summed E-state index contributed by atoms with van der Waals surface area (Å²) in [5, 5.41) is 12.4. The topological polar surface area (TPSA) is 42.9 Å². The fourth-order valence-corrected chi connectivity index (χ4v) is 2.56. The van der Waals surface area contributed by atoms with Gasteiger partial charge in [0.1, 0.15) is 0 Å². The van der Waals surface area contributed by atoms with Gasteiger partial charge in [-0.05, 0) is 48.8 Å². The maximum Gasteiger partial charge on any atom is 0.0518 e. The van der Waals surface area contributed by atoms with Crippen molar-refractivity contribution in [2.75, 3.05) is 26.0 Å². The molecule has 1 rings (SSSR count). The molecule has 0 heterocycles. The third kappa shape index (κ3) is 22.8. The molecule has 1 aromatic carbocycles. The van der Waals surface area contributed by atoms with E-state index in [4.69, 9.17) is 0 Å². The third-order valence-corrected chi connectivity index (χ3v) is 4.50. The van der Waals surface area contributed by atoms with Gasteiger partial charge in [-0.2, -0.15) is 5.10 Å². The molecule has 0 fully saturated rings. The standard InChI is InChI=1S/C27H37N5.C3H8.3C2H6/c1-11-18-28-32(10)23(5)13-12-20(2)24(6)29-21(3)19-22(4)30-25(7)26-14-16-27(17-15-26)31(8)9;1-3-2;3*1-2/h12-19,29-30H,2,4-7,11H2,1,3,8-10H3;3H2,1-2H3;3*1-2H3/b13-12-,21-19+,28-18-;;;;. The van der Waals surface area contributed by atoms with Gasteiger partial charge in [0.2, 0.25) is 0 Å². The van der Waals surface area contributed by atoms with E-state index in [9.17, 15) is 0 Å². The highest BCUT2D eigenvalue weighted by Crippen LogP contribution is 2.17. The monoisotopic (exact) mass is 566 g/mol. The van der Waals surface area contributed by atoms with E-state index in [1.165, 1.54) is 6.42 Å². The Labute approximate surface area is 255 Å². The molecule has 0 unspecified atom stereocenters. The number of benzene rings is 1. The van der Waals surface area contributed by atoms with Crippen molar-refractivity contribution in [3.8, 4) is 0 Å². The van der Waals surface area contributed by atoms with Crippen molar-refractivity contribution < 1.29 is 0 Å². The van der Waals surface area contributed by atoms with Gasteiger partial charge in [0.25, 0.3) is 0 Å². The van der Waals surface area contributed by atoms with E-state index in [2.05, 4.69) is 79.5 Å². The van der Waals surface area contributed by atoms with Crippen LogP contribution in [0.3, 0.4) is 0 Å². The first-order chi connectivity index (χ1) is 19.5. The van der Waals surface area contributed by atoms with Gasteiger partial charge in [-0.1, -0.05) is 120 Å². The second-order valence-electron chi connectivity index (χ2n) is 8.29. The van der Waals surface area contributed by atoms with Crippen molar-refractivity contribution >= 4 is 17.6 Å². The average molecular weight is 566 g/mol. The predicted molar refractivity (Wildman–Crippen MR) is 192 cm³/mol. The number of hydrazone groups is 1. The van der Waals surface area contributed by atoms with E-state index in [1.807, 2.05) is 113 Å². The van der Waals surface area contributed by atoms with Crippen LogP contribution in [0.15, 0.2) is 109 Å². The molecule has 0 radical (unpaired) electrons. The Balaban J connectivity index is -0.000000682. The van der Waals surface area contributed by atoms with Crippen LogP contribution in [0, 0.1) is 0 Å². The van der Waals surface area contributed by atoms with Crippen molar-refractivity contribution in [2.45, 2.75) is 82.1 Å². The molecule has 1 aromatic rings. The maximum absolute atomic E-state index is 4.26. The molecule has 0 atom stereocenters. The summed E-state index contributed by atoms with van der Waals surface area (Å²) >= 11 is 0. The van der Waals surface area contributed by atoms with Crippen LogP contribution >= 0.6 is 0 Å². The largest absolute Gasteiger partial charge is 0.378 e. The van der Waals surface area contributed by atoms with Gasteiger partial charge in [-0.15, -0.1) is 0 Å². The number of likely N-dealkylation sites (N-methyl/N-ethyl adjacent to an activating group) is 1. The zero-order chi connectivity index (χ0) is 33.0. The van der Waals surface area contributed by atoms with E-state index in [-0.39, 0.29) is 0 Å². The molecule has 0 saturated carbocycles. The van der Waals surface area contributed by atoms with Crippen molar-refractivity contribution in [1.29, 1.82) is 0 Å². The number of anilines is 1. The van der Waals surface area contributed by atoms with Gasteiger partial charge in [0.15, 0.2) is 0 Å². The lowest BCUT2D eigenvalue weighted by atomic mass is 10.1. The highest BCUT2D eigenvalue weighted by Gasteiger charge is 2.03. The van der Waals surface area contributed by atoms with Crippen LogP contribution in [0.5, 0.6) is 0 Å². The van der Waals surface area contributed by atoms with Gasteiger partial charge in [0, 0.05) is 55.8 Å². The molecular weight excluding hydrogens is 502 g/mol. The lowest BCUT2D eigenvalue weighted by Crippen LogP contribution is -2.14. The normalized spacial score (nSPS) is 9.73. The number of hydrogen-bond donors (Lipinski definition) is 2. The smallest absolute Gasteiger partial charge is 0.0518 e. The summed E-state index contributed by atoms with van der Waals surface area (Å²) in [6.07, 6.45) is 9.56. The number of hydrogen-bond acceptors (Lipinski definition) is 5. The molecule has 5 nitrogen and oxygen atoms in total. The summed E-state index contributed by atoms with van der Waals surface area (Å²) < 4.78 is 0. The van der Waals surface area contributed by atoms with Crippen molar-refractivity contribution in [1.82, 2.24) is 15.6 Å². The van der Waals surface area contributed by atoms with Crippen LogP contribution in [0.2, 0.25) is 0 Å². The SMILES string of the molecule is C=C(/C=C(\C)NC(=C)C(=C)/C=C\C(=C)N(C)/N=C\CC)NC(=C)c1ccc(N(C)C)cc1.CC.CC.CC.CCC. The molecule has 232 valence electrons. The molecule has 41 heavy (non-hydrogen) atoms. The van der Waals surface area contributed by atoms with E-state index in [0.717, 1.165) is 46.0 Å². The van der Waals surface area contributed by atoms with Gasteiger partial charge in [-0.3, -0.25) is 5.01 Å². The number of rotatable bonds is 13. The van der Waals surface area contributed by atoms with Gasteiger partial charge in [0.05, 0.1) is 5.70 Å². The Morgan fingerprint density at radius 1 is 0.805 bits per heavy atom. The van der Waals surface area contributed by atoms with Crippen LogP contribution in [0.1, 0.15) is 87.6 Å². The summed E-state index contributed by atoms with van der Waals surface area (Å²) in [6, 6.07) is 8.17. The van der Waals surface area contributed by atoms with Crippen LogP contribution in [0.4, 0.5) is 5.69 Å². The molecular formula is C36H63N5. The first kappa shape index (κ1) is 44.3. The lowest BCUT2D eigenvalue weighted by molar-refractivity contribution is 0.464. The van der Waals surface area contributed by atoms with E-state index >= 15 is 0 Å². The van der Waals surface area contributed by atoms with Crippen LogP contribution in [-0.4, -0.2) is 32.4 Å². The van der Waals surface area contributed by atoms with Crippen LogP contribution in [0.25, 0.3) is 5.70 Å². The fourth-order valence-electron chi connectivity index (χ4n) is 2.56. The zero-order valence-corrected chi connectivity index (χ0v) is 28.9. The van der Waals surface area contributed by atoms with Crippen molar-refractivity contribution in [3.05, 3.63) is 109 Å². The Kier molecular flexibility index (Phi) is 31.6. The quantitative estimate of drug-likeness (QED) is 0.142. The Morgan fingerprint density at radius 3 is 1.73 bits per heavy atom. The molecule has 0 aliphatic rings. The zero-order valence-electron chi connectivity index (χ0n) is 28.9. The molecule has 0 aliphatic carbocycles. The highest BCUT2D eigenvalue weighted by atomic mass is 15.4. The Bertz CT molecular complexity index is 960. The summed E-state index contributed by atoms with van der Waals surface area (Å²) in [5.41, 5.74) is 6.71. The molecule has 0 amide bonds. The molecule has 0 spiro atoms. The second-order valence-corrected chi connectivity index (χ2v) is 8.29. The summed E-state index contributed by atoms with van der Waals surface area (Å²) in [5.74, 6) is 0. The average Bonchev–Trinajstić information content (AvgIpc) is 2.97. The third-order valence-electron chi connectivity index (χ3n) is 4.50. The minimum Gasteiger partial charge on any atom is -0.378 e. The van der Waals surface area contributed by atoms with Crippen molar-refractivity contribution in [2.24, 2.45) is 5.10 Å². The second kappa shape index (κ2) is 29.3. The molecule has 0 aromatic heterocycles. The molecule has 2 N–H and O–H groups in total. The lowest BCUT2D eigenvalue weighted by Gasteiger charge is -2.15. The van der Waals surface area contributed by atoms with Gasteiger partial charge >= 0.3 is 0 Å². The van der Waals surface area contributed by atoms with Crippen LogP contribution in [-0.2, 0) is 0 Å². The van der Waals surface area contributed by atoms with Crippen molar-refractivity contribution in [3.63, 3.8) is 0 Å². The predicted octanol–water partition coefficient (Wildman–Crippen LogP) is 10.3. The summed E-state index contributed by atoms with van der Waals surface area (Å²) in [6.45, 7) is 40.5. The van der Waals surface area contributed by atoms with Gasteiger partial charge < -0.3 is 15.5 Å². The minimum atomic E-state index is 0.688. The molecule has 0 bridgehead atoms. The fraction of sp³-hybridized carbons (Fsp3) is 0.417. The minimum absolute atomic E-state index is 0.688. The van der Waals surface area contributed by atoms with E-state index in [0.29, 0.717) is 5.70 Å². The van der Waals surface area contributed by atoms with E-state index < -0.39 is 0 Å². The molecule has 5 heteroatoms. The number of nitrogens with zero attached hydrogens (tertiary/aromatic N) is 3. The number of allylic oxidation sites excluding steroid dienone is 4. The highest BCUT2D eigenvalue weighted by molar-refractivity contribution is 5.66. The number of nitrogens with one attached hydrogen (secondary N) is 2. The van der Waals surface area contributed by atoms with Gasteiger partial charge in [-0.25, -0.2) is 0 Å². The maximum atomic E-state index is 4.26. The molecule has 0 saturated heterocycles. The summed E-state index contributed by atoms with van der Waals surface area (Å²) in [4.78, 5) is 2.06. The molecule has 0 aliphatic heterocycles. The first-order valence-electron chi connectivity index (χ1n) is 14.9. The first-order valence-corrected chi connectivity index (χ1v) is 14.9. The summed E-state index contributed by atoms with van der Waals surface area (Å²) in [7, 11) is 5.88. The van der Waals surface area contributed by atoms with E-state index in [1.54, 1.807) is 5.01 Å². The van der Waals surface area contributed by atoms with Crippen LogP contribution < -0.4 is 15.5 Å². The Hall–Kier alpha value is -3.73. The Morgan fingerprint density at radius 2 is 1.29 bits per heavy atom.